The second-order valence-electron chi connectivity index (χ2n) is 5.77. The SMILES string of the molecule is CC(C)C(=O)C1CCCC([Si](C)(C)O)C1. The number of rotatable bonds is 3. The lowest BCUT2D eigenvalue weighted by atomic mass is 9.82. The molecule has 0 aliphatic heterocycles. The first kappa shape index (κ1) is 12.9. The Bertz CT molecular complexity index is 230. The summed E-state index contributed by atoms with van der Waals surface area (Å²) in [7, 11) is -2.03. The summed E-state index contributed by atoms with van der Waals surface area (Å²) >= 11 is 0. The van der Waals surface area contributed by atoms with Gasteiger partial charge in [0.1, 0.15) is 5.78 Å². The van der Waals surface area contributed by atoms with Gasteiger partial charge in [0.2, 0.25) is 0 Å². The van der Waals surface area contributed by atoms with Gasteiger partial charge in [0, 0.05) is 11.8 Å². The predicted octanol–water partition coefficient (Wildman–Crippen LogP) is 2.97. The van der Waals surface area contributed by atoms with Crippen LogP contribution in [0.1, 0.15) is 39.5 Å². The molecule has 0 heterocycles. The molecule has 2 unspecified atom stereocenters. The van der Waals surface area contributed by atoms with Crippen molar-refractivity contribution in [3.63, 3.8) is 0 Å². The average Bonchev–Trinajstić information content (AvgIpc) is 2.15. The Labute approximate surface area is 94.2 Å². The Morgan fingerprint density at radius 3 is 2.40 bits per heavy atom. The van der Waals surface area contributed by atoms with E-state index in [9.17, 15) is 9.59 Å². The van der Waals surface area contributed by atoms with Crippen molar-refractivity contribution >= 4 is 14.1 Å². The fourth-order valence-corrected chi connectivity index (χ4v) is 4.33. The van der Waals surface area contributed by atoms with Gasteiger partial charge in [-0.1, -0.05) is 26.7 Å². The van der Waals surface area contributed by atoms with Crippen LogP contribution >= 0.6 is 0 Å². The van der Waals surface area contributed by atoms with Crippen molar-refractivity contribution in [1.29, 1.82) is 0 Å². The van der Waals surface area contributed by atoms with E-state index in [0.29, 0.717) is 11.3 Å². The predicted molar refractivity (Wildman–Crippen MR) is 65.3 cm³/mol. The highest BCUT2D eigenvalue weighted by Crippen LogP contribution is 2.39. The summed E-state index contributed by atoms with van der Waals surface area (Å²) in [5.74, 6) is 0.776. The van der Waals surface area contributed by atoms with Crippen LogP contribution in [0, 0.1) is 11.8 Å². The van der Waals surface area contributed by atoms with Gasteiger partial charge in [-0.05, 0) is 31.5 Å². The molecule has 1 fully saturated rings. The van der Waals surface area contributed by atoms with Crippen LogP contribution in [0.25, 0.3) is 0 Å². The number of carbonyl (C=O) groups is 1. The Kier molecular flexibility index (Phi) is 4.12. The summed E-state index contributed by atoms with van der Waals surface area (Å²) in [6.45, 7) is 7.96. The number of carbonyl (C=O) groups excluding carboxylic acids is 1. The molecule has 0 aromatic carbocycles. The molecule has 0 saturated heterocycles. The van der Waals surface area contributed by atoms with Crippen molar-refractivity contribution in [2.45, 2.75) is 58.2 Å². The second-order valence-corrected chi connectivity index (χ2v) is 9.90. The van der Waals surface area contributed by atoms with E-state index in [1.165, 1.54) is 0 Å². The minimum Gasteiger partial charge on any atom is -0.432 e. The molecule has 2 atom stereocenters. The van der Waals surface area contributed by atoms with Crippen molar-refractivity contribution in [1.82, 2.24) is 0 Å². The van der Waals surface area contributed by atoms with Crippen LogP contribution in [-0.2, 0) is 4.79 Å². The van der Waals surface area contributed by atoms with E-state index < -0.39 is 8.32 Å². The second kappa shape index (κ2) is 4.79. The largest absolute Gasteiger partial charge is 0.432 e. The molecule has 2 nitrogen and oxygen atoms in total. The topological polar surface area (TPSA) is 37.3 Å². The molecule has 1 saturated carbocycles. The lowest BCUT2D eigenvalue weighted by molar-refractivity contribution is -0.126. The Morgan fingerprint density at radius 2 is 1.93 bits per heavy atom. The summed E-state index contributed by atoms with van der Waals surface area (Å²) in [6, 6.07) is 0. The van der Waals surface area contributed by atoms with Gasteiger partial charge < -0.3 is 4.80 Å². The summed E-state index contributed by atoms with van der Waals surface area (Å²) in [6.07, 6.45) is 4.22. The third-order valence-electron chi connectivity index (χ3n) is 3.64. The molecule has 1 aliphatic carbocycles. The van der Waals surface area contributed by atoms with Gasteiger partial charge >= 0.3 is 0 Å². The molecule has 1 N–H and O–H groups in total. The van der Waals surface area contributed by atoms with E-state index in [4.69, 9.17) is 0 Å². The van der Waals surface area contributed by atoms with E-state index in [2.05, 4.69) is 0 Å². The van der Waals surface area contributed by atoms with Gasteiger partial charge in [-0.2, -0.15) is 0 Å². The maximum atomic E-state index is 11.9. The van der Waals surface area contributed by atoms with E-state index in [0.717, 1.165) is 25.7 Å². The van der Waals surface area contributed by atoms with Gasteiger partial charge in [-0.25, -0.2) is 0 Å². The minimum absolute atomic E-state index is 0.150. The standard InChI is InChI=1S/C12H24O2Si/c1-9(2)12(13)10-6-5-7-11(8-10)15(3,4)14/h9-11,14H,5-8H2,1-4H3. The van der Waals surface area contributed by atoms with Gasteiger partial charge in [0.25, 0.3) is 0 Å². The van der Waals surface area contributed by atoms with E-state index in [-0.39, 0.29) is 11.8 Å². The molecular weight excluding hydrogens is 204 g/mol. The fraction of sp³-hybridized carbons (Fsp3) is 0.917. The van der Waals surface area contributed by atoms with Crippen molar-refractivity contribution in [3.8, 4) is 0 Å². The third kappa shape index (κ3) is 3.42. The molecule has 3 heteroatoms. The lowest BCUT2D eigenvalue weighted by Gasteiger charge is -2.34. The summed E-state index contributed by atoms with van der Waals surface area (Å²) < 4.78 is 0. The van der Waals surface area contributed by atoms with Gasteiger partial charge in [0.05, 0.1) is 0 Å². The van der Waals surface area contributed by atoms with Crippen molar-refractivity contribution in [2.24, 2.45) is 11.8 Å². The van der Waals surface area contributed by atoms with Crippen molar-refractivity contribution in [3.05, 3.63) is 0 Å². The monoisotopic (exact) mass is 228 g/mol. The zero-order valence-electron chi connectivity index (χ0n) is 10.4. The van der Waals surface area contributed by atoms with Crippen LogP contribution < -0.4 is 0 Å². The van der Waals surface area contributed by atoms with Gasteiger partial charge in [-0.15, -0.1) is 0 Å². The number of Topliss-reactive ketones (excluding diaryl/α,β-unsaturated/α-hetero) is 1. The molecule has 88 valence electrons. The quantitative estimate of drug-likeness (QED) is 0.754. The van der Waals surface area contributed by atoms with Crippen LogP contribution in [0.2, 0.25) is 18.6 Å². The molecule has 0 radical (unpaired) electrons. The molecule has 0 aromatic rings. The Hall–Kier alpha value is -0.153. The van der Waals surface area contributed by atoms with E-state index in [1.807, 2.05) is 26.9 Å². The van der Waals surface area contributed by atoms with Crippen molar-refractivity contribution in [2.75, 3.05) is 0 Å². The highest BCUT2D eigenvalue weighted by molar-refractivity contribution is 6.71. The first-order valence-corrected chi connectivity index (χ1v) is 9.11. The summed E-state index contributed by atoms with van der Waals surface area (Å²) in [5.41, 5.74) is 0.430. The molecular formula is C12H24O2Si. The van der Waals surface area contributed by atoms with E-state index >= 15 is 0 Å². The summed E-state index contributed by atoms with van der Waals surface area (Å²) in [4.78, 5) is 22.0. The maximum absolute atomic E-state index is 11.9. The minimum atomic E-state index is -2.03. The van der Waals surface area contributed by atoms with Gasteiger partial charge in [-0.3, -0.25) is 4.79 Å². The third-order valence-corrected chi connectivity index (χ3v) is 6.17. The molecule has 0 amide bonds. The molecule has 1 rings (SSSR count). The van der Waals surface area contributed by atoms with Gasteiger partial charge in [0.15, 0.2) is 8.32 Å². The van der Waals surface area contributed by atoms with Crippen LogP contribution in [-0.4, -0.2) is 18.9 Å². The molecule has 15 heavy (non-hydrogen) atoms. The number of hydrogen-bond acceptors (Lipinski definition) is 2. The normalized spacial score (nSPS) is 28.1. The number of ketones is 1. The van der Waals surface area contributed by atoms with Crippen LogP contribution in [0.4, 0.5) is 0 Å². The highest BCUT2D eigenvalue weighted by Gasteiger charge is 2.37. The first-order chi connectivity index (χ1) is 6.82. The zero-order chi connectivity index (χ0) is 11.6. The molecule has 0 aromatic heterocycles. The Balaban J connectivity index is 2.60. The average molecular weight is 228 g/mol. The molecule has 0 bridgehead atoms. The maximum Gasteiger partial charge on any atom is 0.185 e. The van der Waals surface area contributed by atoms with E-state index in [1.54, 1.807) is 0 Å². The first-order valence-electron chi connectivity index (χ1n) is 6.08. The molecule has 0 spiro atoms. The molecule has 1 aliphatic rings. The lowest BCUT2D eigenvalue weighted by Crippen LogP contribution is -2.37. The van der Waals surface area contributed by atoms with Crippen LogP contribution in [0.5, 0.6) is 0 Å². The summed E-state index contributed by atoms with van der Waals surface area (Å²) in [5, 5.41) is 0. The van der Waals surface area contributed by atoms with Crippen LogP contribution in [0.15, 0.2) is 0 Å². The Morgan fingerprint density at radius 1 is 1.33 bits per heavy atom. The fourth-order valence-electron chi connectivity index (χ4n) is 2.56. The zero-order valence-corrected chi connectivity index (χ0v) is 11.4. The van der Waals surface area contributed by atoms with Crippen LogP contribution in [0.3, 0.4) is 0 Å². The number of hydrogen-bond donors (Lipinski definition) is 1. The van der Waals surface area contributed by atoms with Crippen molar-refractivity contribution < 1.29 is 9.59 Å². The highest BCUT2D eigenvalue weighted by atomic mass is 28.4. The smallest absolute Gasteiger partial charge is 0.185 e.